The molecule has 0 spiro atoms. The van der Waals surface area contributed by atoms with E-state index in [9.17, 15) is 9.18 Å². The van der Waals surface area contributed by atoms with Gasteiger partial charge in [0.15, 0.2) is 17.5 Å². The Morgan fingerprint density at radius 1 is 1.19 bits per heavy atom. The lowest BCUT2D eigenvalue weighted by Gasteiger charge is -2.19. The fraction of sp³-hybridized carbons (Fsp3) is 0.391. The third-order valence-corrected chi connectivity index (χ3v) is 4.95. The highest BCUT2D eigenvalue weighted by Gasteiger charge is 2.22. The Kier molecular flexibility index (Phi) is 10.0. The van der Waals surface area contributed by atoms with Gasteiger partial charge in [-0.1, -0.05) is 36.4 Å². The fourth-order valence-corrected chi connectivity index (χ4v) is 2.90. The van der Waals surface area contributed by atoms with Crippen LogP contribution in [0.2, 0.25) is 0 Å². The first-order valence-electron chi connectivity index (χ1n) is 10.2. The maximum atomic E-state index is 14.3. The molecular weight excluding hydrogens is 510 g/mol. The zero-order chi connectivity index (χ0) is 21.3. The Hall–Kier alpha value is -2.36. The van der Waals surface area contributed by atoms with Crippen LogP contribution in [0, 0.1) is 11.7 Å². The molecular formula is C23H30FIN4O2. The first kappa shape index (κ1) is 24.9. The standard InChI is InChI=1S/C23H29FN4O2.HI/c1-16(19-10-11-21(20(24)12-19)30-15-18-8-9-18)28-23(25-2)27-14-22(29)26-13-17-6-4-3-5-7-17;/h3-7,10-12,16,18H,8-9,13-15H2,1-2H3,(H,26,29)(H2,25,27,28);1H. The van der Waals surface area contributed by atoms with Gasteiger partial charge in [0.1, 0.15) is 0 Å². The van der Waals surface area contributed by atoms with Crippen LogP contribution in [-0.4, -0.2) is 32.1 Å². The molecule has 0 heterocycles. The van der Waals surface area contributed by atoms with Crippen molar-refractivity contribution >= 4 is 35.8 Å². The average molecular weight is 540 g/mol. The predicted octanol–water partition coefficient (Wildman–Crippen LogP) is 3.77. The van der Waals surface area contributed by atoms with Crippen molar-refractivity contribution in [2.75, 3.05) is 20.2 Å². The quantitative estimate of drug-likeness (QED) is 0.257. The van der Waals surface area contributed by atoms with E-state index in [1.54, 1.807) is 13.1 Å². The number of rotatable bonds is 9. The normalized spacial score (nSPS) is 14.2. The topological polar surface area (TPSA) is 74.8 Å². The number of aliphatic imine (C=N–C) groups is 1. The molecule has 0 bridgehead atoms. The summed E-state index contributed by atoms with van der Waals surface area (Å²) < 4.78 is 19.9. The van der Waals surface area contributed by atoms with Crippen molar-refractivity contribution in [2.45, 2.75) is 32.4 Å². The van der Waals surface area contributed by atoms with Gasteiger partial charge in [0.2, 0.25) is 5.91 Å². The van der Waals surface area contributed by atoms with Crippen molar-refractivity contribution in [1.82, 2.24) is 16.0 Å². The van der Waals surface area contributed by atoms with Crippen molar-refractivity contribution in [1.29, 1.82) is 0 Å². The van der Waals surface area contributed by atoms with Gasteiger partial charge >= 0.3 is 0 Å². The van der Waals surface area contributed by atoms with Crippen LogP contribution in [0.3, 0.4) is 0 Å². The molecule has 1 aliphatic rings. The number of carbonyl (C=O) groups is 1. The maximum absolute atomic E-state index is 14.3. The molecule has 31 heavy (non-hydrogen) atoms. The maximum Gasteiger partial charge on any atom is 0.239 e. The number of amides is 1. The first-order valence-corrected chi connectivity index (χ1v) is 10.2. The number of guanidine groups is 1. The number of hydrogen-bond acceptors (Lipinski definition) is 3. The van der Waals surface area contributed by atoms with Crippen LogP contribution in [0.4, 0.5) is 4.39 Å². The van der Waals surface area contributed by atoms with Crippen LogP contribution < -0.4 is 20.7 Å². The van der Waals surface area contributed by atoms with Crippen LogP contribution >= 0.6 is 24.0 Å². The van der Waals surface area contributed by atoms with Gasteiger partial charge in [-0.15, -0.1) is 24.0 Å². The smallest absolute Gasteiger partial charge is 0.239 e. The van der Waals surface area contributed by atoms with Crippen molar-refractivity contribution < 1.29 is 13.9 Å². The summed E-state index contributed by atoms with van der Waals surface area (Å²) in [6, 6.07) is 14.5. The van der Waals surface area contributed by atoms with E-state index in [0.717, 1.165) is 24.0 Å². The molecule has 1 amide bonds. The van der Waals surface area contributed by atoms with E-state index < -0.39 is 0 Å². The van der Waals surface area contributed by atoms with Gasteiger partial charge in [0.25, 0.3) is 0 Å². The summed E-state index contributed by atoms with van der Waals surface area (Å²) in [5.74, 6) is 0.814. The lowest BCUT2D eigenvalue weighted by molar-refractivity contribution is -0.120. The van der Waals surface area contributed by atoms with Gasteiger partial charge < -0.3 is 20.7 Å². The molecule has 2 aromatic rings. The van der Waals surface area contributed by atoms with Crippen LogP contribution in [-0.2, 0) is 11.3 Å². The number of carbonyl (C=O) groups excluding carboxylic acids is 1. The van der Waals surface area contributed by atoms with Gasteiger partial charge in [-0.05, 0) is 48.9 Å². The van der Waals surface area contributed by atoms with Crippen molar-refractivity contribution in [3.63, 3.8) is 0 Å². The minimum atomic E-state index is -0.370. The van der Waals surface area contributed by atoms with Crippen LogP contribution in [0.25, 0.3) is 0 Å². The molecule has 0 saturated heterocycles. The molecule has 1 unspecified atom stereocenters. The molecule has 1 fully saturated rings. The summed E-state index contributed by atoms with van der Waals surface area (Å²) in [6.45, 7) is 3.04. The largest absolute Gasteiger partial charge is 0.490 e. The summed E-state index contributed by atoms with van der Waals surface area (Å²) in [5.41, 5.74) is 1.80. The number of halogens is 2. The minimum absolute atomic E-state index is 0. The van der Waals surface area contributed by atoms with Gasteiger partial charge in [-0.2, -0.15) is 0 Å². The SMILES string of the molecule is CN=C(NCC(=O)NCc1ccccc1)NC(C)c1ccc(OCC2CC2)c(F)c1.I. The first-order chi connectivity index (χ1) is 14.5. The van der Waals surface area contributed by atoms with Gasteiger partial charge in [-0.25, -0.2) is 4.39 Å². The second kappa shape index (κ2) is 12.5. The van der Waals surface area contributed by atoms with Crippen molar-refractivity contribution in [3.8, 4) is 5.75 Å². The predicted molar refractivity (Wildman–Crippen MR) is 131 cm³/mol. The Morgan fingerprint density at radius 2 is 1.94 bits per heavy atom. The number of nitrogens with one attached hydrogen (secondary N) is 3. The number of benzene rings is 2. The second-order valence-corrected chi connectivity index (χ2v) is 7.50. The second-order valence-electron chi connectivity index (χ2n) is 7.50. The van der Waals surface area contributed by atoms with E-state index in [0.29, 0.717) is 25.0 Å². The zero-order valence-electron chi connectivity index (χ0n) is 17.9. The zero-order valence-corrected chi connectivity index (χ0v) is 20.2. The Bertz CT molecular complexity index is 875. The Labute approximate surface area is 200 Å². The van der Waals surface area contributed by atoms with Crippen LogP contribution in [0.1, 0.15) is 36.9 Å². The molecule has 1 aliphatic carbocycles. The van der Waals surface area contributed by atoms with Gasteiger partial charge in [0.05, 0.1) is 19.2 Å². The summed E-state index contributed by atoms with van der Waals surface area (Å²) in [4.78, 5) is 16.2. The molecule has 0 aliphatic heterocycles. The number of hydrogen-bond donors (Lipinski definition) is 3. The lowest BCUT2D eigenvalue weighted by atomic mass is 10.1. The van der Waals surface area contributed by atoms with Crippen LogP contribution in [0.5, 0.6) is 5.75 Å². The number of nitrogens with zero attached hydrogens (tertiary/aromatic N) is 1. The minimum Gasteiger partial charge on any atom is -0.490 e. The van der Waals surface area contributed by atoms with Crippen molar-refractivity contribution in [3.05, 3.63) is 65.5 Å². The molecule has 168 valence electrons. The van der Waals surface area contributed by atoms with Crippen LogP contribution in [0.15, 0.2) is 53.5 Å². The molecule has 3 N–H and O–H groups in total. The van der Waals surface area contributed by atoms with E-state index in [-0.39, 0.29) is 54.0 Å². The third-order valence-electron chi connectivity index (χ3n) is 4.95. The molecule has 6 nitrogen and oxygen atoms in total. The molecule has 2 aromatic carbocycles. The molecule has 0 aromatic heterocycles. The highest BCUT2D eigenvalue weighted by Crippen LogP contribution is 2.30. The fourth-order valence-electron chi connectivity index (χ4n) is 2.90. The Balaban J connectivity index is 0.00000341. The highest BCUT2D eigenvalue weighted by molar-refractivity contribution is 14.0. The molecule has 1 atom stereocenters. The summed E-state index contributed by atoms with van der Waals surface area (Å²) in [6.07, 6.45) is 2.33. The summed E-state index contributed by atoms with van der Waals surface area (Å²) >= 11 is 0. The van der Waals surface area contributed by atoms with E-state index in [1.165, 1.54) is 6.07 Å². The van der Waals surface area contributed by atoms with Gasteiger partial charge in [0, 0.05) is 13.6 Å². The van der Waals surface area contributed by atoms with E-state index in [1.807, 2.05) is 43.3 Å². The monoisotopic (exact) mass is 540 g/mol. The van der Waals surface area contributed by atoms with E-state index in [2.05, 4.69) is 20.9 Å². The highest BCUT2D eigenvalue weighted by atomic mass is 127. The summed E-state index contributed by atoms with van der Waals surface area (Å²) in [5, 5.41) is 9.00. The molecule has 3 rings (SSSR count). The lowest BCUT2D eigenvalue weighted by Crippen LogP contribution is -2.43. The van der Waals surface area contributed by atoms with E-state index >= 15 is 0 Å². The Morgan fingerprint density at radius 3 is 2.58 bits per heavy atom. The molecule has 1 saturated carbocycles. The van der Waals surface area contributed by atoms with Crippen molar-refractivity contribution in [2.24, 2.45) is 10.9 Å². The summed E-state index contributed by atoms with van der Waals surface area (Å²) in [7, 11) is 1.62. The average Bonchev–Trinajstić information content (AvgIpc) is 3.59. The van der Waals surface area contributed by atoms with E-state index in [4.69, 9.17) is 4.74 Å². The number of ether oxygens (including phenoxy) is 1. The van der Waals surface area contributed by atoms with Gasteiger partial charge in [-0.3, -0.25) is 9.79 Å². The molecule has 0 radical (unpaired) electrons. The molecule has 8 heteroatoms. The third kappa shape index (κ3) is 8.35.